The van der Waals surface area contributed by atoms with Crippen molar-refractivity contribution in [2.24, 2.45) is 58.3 Å². The summed E-state index contributed by atoms with van der Waals surface area (Å²) in [6, 6.07) is -10.0. The zero-order valence-corrected chi connectivity index (χ0v) is 48.4. The van der Waals surface area contributed by atoms with Crippen molar-refractivity contribution in [3.63, 3.8) is 0 Å². The highest BCUT2D eigenvalue weighted by molar-refractivity contribution is 5.98. The molecule has 0 aromatic carbocycles. The topological polar surface area (TPSA) is 400 Å². The summed E-state index contributed by atoms with van der Waals surface area (Å²) in [4.78, 5) is 124. The van der Waals surface area contributed by atoms with Crippen molar-refractivity contribution in [2.45, 2.75) is 233 Å². The monoisotopic (exact) mass is 1100 g/mol. The Morgan fingerprint density at radius 1 is 0.299 bits per heavy atom. The molecule has 0 aliphatic heterocycles. The van der Waals surface area contributed by atoms with Gasteiger partial charge in [-0.2, -0.15) is 0 Å². The van der Waals surface area contributed by atoms with Gasteiger partial charge in [0.25, 0.3) is 0 Å². The number of carboxylic acids is 1. The van der Waals surface area contributed by atoms with E-state index in [4.69, 9.17) is 28.7 Å². The van der Waals surface area contributed by atoms with E-state index in [-0.39, 0.29) is 81.0 Å². The van der Waals surface area contributed by atoms with Gasteiger partial charge in [-0.15, -0.1) is 0 Å². The van der Waals surface area contributed by atoms with Gasteiger partial charge in [0, 0.05) is 0 Å². The summed E-state index contributed by atoms with van der Waals surface area (Å²) in [5, 5.41) is 31.9. The zero-order chi connectivity index (χ0) is 58.8. The lowest BCUT2D eigenvalue weighted by Crippen LogP contribution is -2.60. The fourth-order valence-corrected chi connectivity index (χ4v) is 8.65. The molecule has 0 spiro atoms. The molecule has 77 heavy (non-hydrogen) atoms. The first-order chi connectivity index (χ1) is 36.2. The van der Waals surface area contributed by atoms with Gasteiger partial charge in [0.05, 0.1) is 6.04 Å². The van der Waals surface area contributed by atoms with E-state index in [1.54, 1.807) is 0 Å². The quantitative estimate of drug-likeness (QED) is 0.0379. The van der Waals surface area contributed by atoms with Crippen LogP contribution in [-0.4, -0.2) is 139 Å². The van der Waals surface area contributed by atoms with Crippen molar-refractivity contribution < 1.29 is 48.3 Å². The molecule has 0 saturated heterocycles. The average Bonchev–Trinajstić information content (AvgIpc) is 3.33. The molecule has 446 valence electrons. The fourth-order valence-electron chi connectivity index (χ4n) is 8.65. The average molecular weight is 1100 g/mol. The van der Waals surface area contributed by atoms with Gasteiger partial charge in [-0.05, 0) is 165 Å². The number of rotatable bonds is 43. The van der Waals surface area contributed by atoms with Crippen LogP contribution in [-0.2, 0) is 43.2 Å². The molecule has 0 unspecified atom stereocenters. The molecule has 0 aliphatic rings. The molecule has 0 saturated carbocycles. The van der Waals surface area contributed by atoms with E-state index in [9.17, 15) is 48.3 Å². The van der Waals surface area contributed by atoms with Crippen molar-refractivity contribution in [3.05, 3.63) is 0 Å². The van der Waals surface area contributed by atoms with Crippen LogP contribution in [0.1, 0.15) is 178 Å². The van der Waals surface area contributed by atoms with Gasteiger partial charge in [0.15, 0.2) is 0 Å². The van der Waals surface area contributed by atoms with Crippen LogP contribution >= 0.6 is 0 Å². The van der Waals surface area contributed by atoms with Gasteiger partial charge in [0.2, 0.25) is 47.3 Å². The van der Waals surface area contributed by atoms with Crippen LogP contribution in [0.5, 0.6) is 0 Å². The van der Waals surface area contributed by atoms with Crippen molar-refractivity contribution in [2.75, 3.05) is 26.2 Å². The number of nitrogens with two attached hydrogens (primary N) is 5. The van der Waals surface area contributed by atoms with E-state index in [1.807, 2.05) is 69.2 Å². The third kappa shape index (κ3) is 31.9. The molecular formula is C54H105N13O10. The van der Waals surface area contributed by atoms with E-state index in [0.717, 1.165) is 0 Å². The third-order valence-corrected chi connectivity index (χ3v) is 12.7. The maximum absolute atomic E-state index is 14.4. The molecule has 0 bridgehead atoms. The number of amides is 8. The molecule has 19 N–H and O–H groups in total. The highest BCUT2D eigenvalue weighted by Gasteiger charge is 2.36. The third-order valence-electron chi connectivity index (χ3n) is 12.7. The van der Waals surface area contributed by atoms with E-state index >= 15 is 0 Å². The van der Waals surface area contributed by atoms with Crippen LogP contribution in [0.25, 0.3) is 0 Å². The van der Waals surface area contributed by atoms with Crippen molar-refractivity contribution in [1.29, 1.82) is 0 Å². The number of carbonyl (C=O) groups excluding carboxylic acids is 8. The minimum atomic E-state index is -1.21. The van der Waals surface area contributed by atoms with E-state index in [1.165, 1.54) is 0 Å². The van der Waals surface area contributed by atoms with Gasteiger partial charge in [-0.1, -0.05) is 69.2 Å². The highest BCUT2D eigenvalue weighted by Crippen LogP contribution is 2.15. The summed E-state index contributed by atoms with van der Waals surface area (Å²) in [6.07, 6.45) is 5.73. The smallest absolute Gasteiger partial charge is 0.326 e. The van der Waals surface area contributed by atoms with E-state index < -0.39 is 108 Å². The fraction of sp³-hybridized carbons (Fsp3) is 0.833. The Morgan fingerprint density at radius 3 is 0.714 bits per heavy atom. The lowest BCUT2D eigenvalue weighted by Gasteiger charge is -2.29. The minimum Gasteiger partial charge on any atom is -0.480 e. The Balaban J connectivity index is 6.81. The Labute approximate surface area is 459 Å². The first-order valence-corrected chi connectivity index (χ1v) is 28.4. The molecule has 0 aliphatic carbocycles. The number of hydrogen-bond acceptors (Lipinski definition) is 14. The van der Waals surface area contributed by atoms with Gasteiger partial charge in [-0.25, -0.2) is 4.79 Å². The van der Waals surface area contributed by atoms with Crippen molar-refractivity contribution >= 4 is 53.2 Å². The number of aliphatic carboxylic acids is 1. The van der Waals surface area contributed by atoms with Crippen LogP contribution in [0, 0.1) is 29.6 Å². The van der Waals surface area contributed by atoms with E-state index in [2.05, 4.69) is 42.5 Å². The maximum Gasteiger partial charge on any atom is 0.326 e. The first-order valence-electron chi connectivity index (χ1n) is 28.4. The molecular weight excluding hydrogens is 991 g/mol. The Kier molecular flexibility index (Phi) is 37.7. The van der Waals surface area contributed by atoms with Crippen molar-refractivity contribution in [3.8, 4) is 0 Å². The molecule has 23 heteroatoms. The van der Waals surface area contributed by atoms with Gasteiger partial charge >= 0.3 is 5.97 Å². The van der Waals surface area contributed by atoms with Crippen LogP contribution in [0.15, 0.2) is 0 Å². The number of nitrogens with one attached hydrogen (secondary N) is 8. The molecule has 9 atom stereocenters. The molecule has 0 aromatic heterocycles. The Morgan fingerprint density at radius 2 is 0.494 bits per heavy atom. The van der Waals surface area contributed by atoms with Gasteiger partial charge < -0.3 is 76.3 Å². The lowest BCUT2D eigenvalue weighted by molar-refractivity contribution is -0.143. The summed E-state index contributed by atoms with van der Waals surface area (Å²) in [6.45, 7) is 20.0. The summed E-state index contributed by atoms with van der Waals surface area (Å²) in [7, 11) is 0. The Bertz CT molecular complexity index is 1790. The number of carboxylic acid groups (broad SMARTS) is 1. The largest absolute Gasteiger partial charge is 0.480 e. The summed E-state index contributed by atoms with van der Waals surface area (Å²) < 4.78 is 0. The summed E-state index contributed by atoms with van der Waals surface area (Å²) in [5.74, 6) is -6.68. The molecule has 0 heterocycles. The SMILES string of the molecule is CC(C)C[C@H](NC(=O)[C@H](CCCCN)NC(=O)[C@H](CC(C)C)NC(=O)[C@H](CCCCN)NC(=O)[C@H](CC(C)C)NC(=O)[C@H](CC(C)C)NC(=O)[C@H](CCCCN)NC(=O)[C@H](CCCCN)NC(=O)[C@@H](N)CC(C)C)C(=O)O. The molecule has 0 aromatic rings. The summed E-state index contributed by atoms with van der Waals surface area (Å²) >= 11 is 0. The van der Waals surface area contributed by atoms with Crippen LogP contribution in [0.4, 0.5) is 0 Å². The number of unbranched alkanes of at least 4 members (excludes halogenated alkanes) is 4. The number of hydrogen-bond donors (Lipinski definition) is 14. The second kappa shape index (κ2) is 40.2. The maximum atomic E-state index is 14.4. The normalized spacial score (nSPS) is 15.1. The van der Waals surface area contributed by atoms with Crippen LogP contribution in [0.3, 0.4) is 0 Å². The van der Waals surface area contributed by atoms with Crippen LogP contribution < -0.4 is 71.2 Å². The molecule has 0 radical (unpaired) electrons. The predicted molar refractivity (Wildman–Crippen MR) is 300 cm³/mol. The highest BCUT2D eigenvalue weighted by atomic mass is 16.4. The molecule has 0 fully saturated rings. The van der Waals surface area contributed by atoms with Gasteiger partial charge in [-0.3, -0.25) is 38.4 Å². The lowest BCUT2D eigenvalue weighted by atomic mass is 9.98. The van der Waals surface area contributed by atoms with Crippen LogP contribution in [0.2, 0.25) is 0 Å². The Hall–Kier alpha value is -4.97. The van der Waals surface area contributed by atoms with Gasteiger partial charge in [0.1, 0.15) is 48.3 Å². The standard InChI is InChI=1S/C54H105N13O10/c1-32(2)27-37(59)46(68)60-38(19-11-15-23-55)47(69)61-39(20-12-16-24-56)48(70)65-44(30-35(7)8)53(75)66-43(29-34(5)6)52(74)62-40(21-13-17-25-57)49(71)64-42(28-33(3)4)51(73)63-41(22-14-18-26-58)50(72)67-45(54(76)77)31-36(9)10/h32-45H,11-31,55-59H2,1-10H3,(H,60,68)(H,61,69)(H,62,74)(H,63,73)(H,64,71)(H,65,70)(H,66,75)(H,67,72)(H,76,77)/t37-,38-,39-,40-,41-,42-,43-,44-,45-/m0/s1. The molecule has 23 nitrogen and oxygen atoms in total. The predicted octanol–water partition coefficient (Wildman–Crippen LogP) is 1.02. The van der Waals surface area contributed by atoms with Crippen molar-refractivity contribution in [1.82, 2.24) is 42.5 Å². The molecule has 0 rings (SSSR count). The second-order valence-electron chi connectivity index (χ2n) is 22.7. The molecule has 8 amide bonds. The summed E-state index contributed by atoms with van der Waals surface area (Å²) in [5.41, 5.74) is 29.2. The minimum absolute atomic E-state index is 0.0469. The first kappa shape index (κ1) is 72.0. The second-order valence-corrected chi connectivity index (χ2v) is 22.7. The zero-order valence-electron chi connectivity index (χ0n) is 48.4. The van der Waals surface area contributed by atoms with E-state index in [0.29, 0.717) is 84.0 Å². The number of carbonyl (C=O) groups is 9.